The molecule has 0 atom stereocenters. The molecule has 0 aromatic heterocycles. The highest BCUT2D eigenvalue weighted by Crippen LogP contribution is 2.22. The number of methoxy groups -OCH3 is 3. The van der Waals surface area contributed by atoms with E-state index in [1.54, 1.807) is 25.3 Å². The van der Waals surface area contributed by atoms with Crippen molar-refractivity contribution in [2.45, 2.75) is 4.90 Å². The second kappa shape index (κ2) is 9.57. The summed E-state index contributed by atoms with van der Waals surface area (Å²) < 4.78 is 15.3. The van der Waals surface area contributed by atoms with Crippen molar-refractivity contribution in [2.24, 2.45) is 0 Å². The molecule has 8 heteroatoms. The summed E-state index contributed by atoms with van der Waals surface area (Å²) in [5.41, 5.74) is 5.07. The highest BCUT2D eigenvalue weighted by molar-refractivity contribution is 8.00. The standard InChI is InChI=1S/C18H20N2O5S/c1-23-13-4-6-16(7-5-13)26-11-17(21)19-20-18(22)12-8-14(24-2)10-15(9-12)25-3/h4-10H,11H2,1-3H3,(H,19,21)(H,20,22). The van der Waals surface area contributed by atoms with Gasteiger partial charge in [0.05, 0.1) is 27.1 Å². The molecular formula is C18H20N2O5S. The molecule has 26 heavy (non-hydrogen) atoms. The van der Waals surface area contributed by atoms with Gasteiger partial charge in [-0.25, -0.2) is 0 Å². The molecule has 2 N–H and O–H groups in total. The van der Waals surface area contributed by atoms with Gasteiger partial charge in [-0.05, 0) is 36.4 Å². The third-order valence-electron chi connectivity index (χ3n) is 3.36. The van der Waals surface area contributed by atoms with Crippen LogP contribution in [-0.4, -0.2) is 38.9 Å². The number of hydrogen-bond acceptors (Lipinski definition) is 6. The van der Waals surface area contributed by atoms with Crippen LogP contribution in [0.5, 0.6) is 17.2 Å². The Kier molecular flexibility index (Phi) is 7.16. The monoisotopic (exact) mass is 376 g/mol. The molecule has 7 nitrogen and oxygen atoms in total. The van der Waals surface area contributed by atoms with Gasteiger partial charge in [0.15, 0.2) is 0 Å². The topological polar surface area (TPSA) is 85.9 Å². The van der Waals surface area contributed by atoms with E-state index in [1.807, 2.05) is 24.3 Å². The second-order valence-corrected chi connectivity index (χ2v) is 6.12. The Hall–Kier alpha value is -2.87. The van der Waals surface area contributed by atoms with Gasteiger partial charge in [0, 0.05) is 16.5 Å². The fourth-order valence-electron chi connectivity index (χ4n) is 1.99. The molecule has 0 bridgehead atoms. The van der Waals surface area contributed by atoms with Gasteiger partial charge in [0.1, 0.15) is 17.2 Å². The molecule has 0 heterocycles. The number of ether oxygens (including phenoxy) is 3. The minimum absolute atomic E-state index is 0.161. The van der Waals surface area contributed by atoms with Gasteiger partial charge in [0.25, 0.3) is 5.91 Å². The number of nitrogens with one attached hydrogen (secondary N) is 2. The normalized spacial score (nSPS) is 9.96. The first-order valence-corrected chi connectivity index (χ1v) is 8.63. The number of rotatable bonds is 7. The molecule has 2 aromatic carbocycles. The van der Waals surface area contributed by atoms with Gasteiger partial charge in [-0.2, -0.15) is 0 Å². The van der Waals surface area contributed by atoms with Crippen molar-refractivity contribution in [2.75, 3.05) is 27.1 Å². The summed E-state index contributed by atoms with van der Waals surface area (Å²) in [5, 5.41) is 0. The lowest BCUT2D eigenvalue weighted by molar-refractivity contribution is -0.119. The van der Waals surface area contributed by atoms with Crippen LogP contribution in [0.2, 0.25) is 0 Å². The van der Waals surface area contributed by atoms with Crippen LogP contribution in [0.4, 0.5) is 0 Å². The molecule has 0 unspecified atom stereocenters. The van der Waals surface area contributed by atoms with Crippen LogP contribution in [0.15, 0.2) is 47.4 Å². The van der Waals surface area contributed by atoms with E-state index < -0.39 is 5.91 Å². The quantitative estimate of drug-likeness (QED) is 0.570. The lowest BCUT2D eigenvalue weighted by Crippen LogP contribution is -2.42. The third-order valence-corrected chi connectivity index (χ3v) is 4.37. The molecule has 0 fully saturated rings. The van der Waals surface area contributed by atoms with E-state index in [0.29, 0.717) is 17.1 Å². The Morgan fingerprint density at radius 1 is 0.846 bits per heavy atom. The lowest BCUT2D eigenvalue weighted by atomic mass is 10.2. The van der Waals surface area contributed by atoms with Gasteiger partial charge < -0.3 is 14.2 Å². The average molecular weight is 376 g/mol. The van der Waals surface area contributed by atoms with Crippen LogP contribution < -0.4 is 25.1 Å². The fourth-order valence-corrected chi connectivity index (χ4v) is 2.69. The SMILES string of the molecule is COc1ccc(SCC(=O)NNC(=O)c2cc(OC)cc(OC)c2)cc1. The van der Waals surface area contributed by atoms with Crippen LogP contribution in [-0.2, 0) is 4.79 Å². The Morgan fingerprint density at radius 2 is 1.42 bits per heavy atom. The Morgan fingerprint density at radius 3 is 1.96 bits per heavy atom. The van der Waals surface area contributed by atoms with Crippen molar-refractivity contribution in [1.29, 1.82) is 0 Å². The first kappa shape index (κ1) is 19.5. The third kappa shape index (κ3) is 5.59. The summed E-state index contributed by atoms with van der Waals surface area (Å²) in [4.78, 5) is 25.0. The van der Waals surface area contributed by atoms with E-state index >= 15 is 0 Å². The van der Waals surface area contributed by atoms with E-state index in [-0.39, 0.29) is 11.7 Å². The zero-order valence-electron chi connectivity index (χ0n) is 14.7. The number of carbonyl (C=O) groups is 2. The van der Waals surface area contributed by atoms with Crippen molar-refractivity contribution in [3.63, 3.8) is 0 Å². The van der Waals surface area contributed by atoms with Crippen molar-refractivity contribution in [3.05, 3.63) is 48.0 Å². The molecule has 0 saturated heterocycles. The predicted molar refractivity (Wildman–Crippen MR) is 98.9 cm³/mol. The van der Waals surface area contributed by atoms with E-state index in [2.05, 4.69) is 10.9 Å². The maximum atomic E-state index is 12.2. The number of thioether (sulfide) groups is 1. The molecule has 2 rings (SSSR count). The number of benzene rings is 2. The summed E-state index contributed by atoms with van der Waals surface area (Å²) in [7, 11) is 4.58. The van der Waals surface area contributed by atoms with Crippen LogP contribution in [0, 0.1) is 0 Å². The molecule has 0 saturated carbocycles. The van der Waals surface area contributed by atoms with E-state index in [9.17, 15) is 9.59 Å². The molecule has 0 aliphatic rings. The molecule has 138 valence electrons. The maximum absolute atomic E-state index is 12.2. The van der Waals surface area contributed by atoms with Crippen LogP contribution >= 0.6 is 11.8 Å². The lowest BCUT2D eigenvalue weighted by Gasteiger charge is -2.10. The number of carbonyl (C=O) groups excluding carboxylic acids is 2. The molecule has 0 radical (unpaired) electrons. The smallest absolute Gasteiger partial charge is 0.269 e. The molecule has 2 aromatic rings. The van der Waals surface area contributed by atoms with Gasteiger partial charge in [-0.3, -0.25) is 20.4 Å². The summed E-state index contributed by atoms with van der Waals surface area (Å²) in [6, 6.07) is 12.1. The predicted octanol–water partition coefficient (Wildman–Crippen LogP) is 2.27. The van der Waals surface area contributed by atoms with Crippen LogP contribution in [0.3, 0.4) is 0 Å². The molecule has 0 aliphatic heterocycles. The van der Waals surface area contributed by atoms with Crippen molar-refractivity contribution in [1.82, 2.24) is 10.9 Å². The zero-order valence-corrected chi connectivity index (χ0v) is 15.5. The van der Waals surface area contributed by atoms with Crippen molar-refractivity contribution in [3.8, 4) is 17.2 Å². The fraction of sp³-hybridized carbons (Fsp3) is 0.222. The van der Waals surface area contributed by atoms with E-state index in [0.717, 1.165) is 10.6 Å². The Balaban J connectivity index is 1.85. The zero-order chi connectivity index (χ0) is 18.9. The summed E-state index contributed by atoms with van der Waals surface area (Å²) in [6.45, 7) is 0. The van der Waals surface area contributed by atoms with Gasteiger partial charge >= 0.3 is 0 Å². The Labute approximate surface area is 156 Å². The molecule has 0 spiro atoms. The van der Waals surface area contributed by atoms with E-state index in [1.165, 1.54) is 26.0 Å². The summed E-state index contributed by atoms with van der Waals surface area (Å²) in [5.74, 6) is 1.08. The number of hydrogen-bond donors (Lipinski definition) is 2. The highest BCUT2D eigenvalue weighted by Gasteiger charge is 2.11. The van der Waals surface area contributed by atoms with E-state index in [4.69, 9.17) is 14.2 Å². The van der Waals surface area contributed by atoms with Gasteiger partial charge in [-0.15, -0.1) is 11.8 Å². The number of amides is 2. The molecule has 0 aliphatic carbocycles. The second-order valence-electron chi connectivity index (χ2n) is 5.07. The van der Waals surface area contributed by atoms with Crippen LogP contribution in [0.25, 0.3) is 0 Å². The summed E-state index contributed by atoms with van der Waals surface area (Å²) in [6.07, 6.45) is 0. The first-order chi connectivity index (χ1) is 12.5. The average Bonchev–Trinajstić information content (AvgIpc) is 2.70. The first-order valence-electron chi connectivity index (χ1n) is 7.65. The minimum Gasteiger partial charge on any atom is -0.497 e. The number of hydrazine groups is 1. The molecular weight excluding hydrogens is 356 g/mol. The molecule has 2 amide bonds. The Bertz CT molecular complexity index is 742. The van der Waals surface area contributed by atoms with Crippen molar-refractivity contribution < 1.29 is 23.8 Å². The van der Waals surface area contributed by atoms with Gasteiger partial charge in [0.2, 0.25) is 5.91 Å². The van der Waals surface area contributed by atoms with Crippen molar-refractivity contribution >= 4 is 23.6 Å². The van der Waals surface area contributed by atoms with Gasteiger partial charge in [-0.1, -0.05) is 0 Å². The summed E-state index contributed by atoms with van der Waals surface area (Å²) >= 11 is 1.35. The maximum Gasteiger partial charge on any atom is 0.269 e. The van der Waals surface area contributed by atoms with Crippen LogP contribution in [0.1, 0.15) is 10.4 Å². The highest BCUT2D eigenvalue weighted by atomic mass is 32.2. The largest absolute Gasteiger partial charge is 0.497 e. The minimum atomic E-state index is -0.468.